The first-order valence-electron chi connectivity index (χ1n) is 9.52. The second kappa shape index (κ2) is 6.94. The molecule has 7 nitrogen and oxygen atoms in total. The lowest BCUT2D eigenvalue weighted by Gasteiger charge is -2.20. The number of aliphatic hydroxyl groups excluding tert-OH is 1. The second-order valence-electron chi connectivity index (χ2n) is 7.20. The number of halogens is 1. The number of aliphatic hydroxyl groups is 1. The van der Waals surface area contributed by atoms with Crippen LogP contribution in [0.5, 0.6) is 0 Å². The summed E-state index contributed by atoms with van der Waals surface area (Å²) in [5.41, 5.74) is 1.35. The van der Waals surface area contributed by atoms with E-state index in [4.69, 9.17) is 4.42 Å². The lowest BCUT2D eigenvalue weighted by molar-refractivity contribution is -0.132. The van der Waals surface area contributed by atoms with E-state index >= 15 is 0 Å². The highest BCUT2D eigenvalue weighted by Gasteiger charge is 2.49. The van der Waals surface area contributed by atoms with E-state index in [-0.39, 0.29) is 17.1 Å². The molecule has 1 aliphatic rings. The molecule has 1 fully saturated rings. The minimum absolute atomic E-state index is 0.153. The fraction of sp³-hybridized carbons (Fsp3) is 0.0870. The standard InChI is InChI=1S/C23H16FN3O4/c1-12-6-11-17(31-12)19-18(20(28)13-7-9-14(24)10-8-13)21(29)22(30)27(19)23-25-15-4-2-3-5-16(15)26-23/h2-11,19,28H,1H3,(H,25,26)/b20-18+. The zero-order chi connectivity index (χ0) is 21.7. The molecule has 0 aliphatic carbocycles. The maximum absolute atomic E-state index is 13.3. The van der Waals surface area contributed by atoms with Gasteiger partial charge < -0.3 is 14.5 Å². The Balaban J connectivity index is 1.72. The SMILES string of the molecule is Cc1ccc(C2/C(=C(\O)c3ccc(F)cc3)C(=O)C(=O)N2c2nc3ccccc3[nH]2)o1. The highest BCUT2D eigenvalue weighted by atomic mass is 19.1. The number of amides is 1. The quantitative estimate of drug-likeness (QED) is 0.295. The Hall–Kier alpha value is -4.20. The number of imidazole rings is 1. The van der Waals surface area contributed by atoms with Crippen molar-refractivity contribution in [1.29, 1.82) is 0 Å². The Labute approximate surface area is 175 Å². The molecule has 1 unspecified atom stereocenters. The molecular formula is C23H16FN3O4. The van der Waals surface area contributed by atoms with Crippen molar-refractivity contribution >= 4 is 34.4 Å². The number of aromatic amines is 1. The number of para-hydroxylation sites is 2. The third-order valence-corrected chi connectivity index (χ3v) is 5.20. The number of benzene rings is 2. The smallest absolute Gasteiger partial charge is 0.302 e. The Kier molecular flexibility index (Phi) is 4.21. The number of nitrogens with one attached hydrogen (secondary N) is 1. The molecule has 1 amide bonds. The number of anilines is 1. The first kappa shape index (κ1) is 18.8. The highest BCUT2D eigenvalue weighted by Crippen LogP contribution is 2.42. The summed E-state index contributed by atoms with van der Waals surface area (Å²) in [6.45, 7) is 1.73. The van der Waals surface area contributed by atoms with Crippen molar-refractivity contribution in [2.45, 2.75) is 13.0 Å². The minimum atomic E-state index is -1.04. The van der Waals surface area contributed by atoms with E-state index in [2.05, 4.69) is 9.97 Å². The summed E-state index contributed by atoms with van der Waals surface area (Å²) in [6, 6.07) is 14.5. The summed E-state index contributed by atoms with van der Waals surface area (Å²) < 4.78 is 19.1. The number of furan rings is 1. The number of aromatic nitrogens is 2. The number of fused-ring (bicyclic) bond motifs is 1. The van der Waals surface area contributed by atoms with Crippen molar-refractivity contribution in [2.75, 3.05) is 4.90 Å². The van der Waals surface area contributed by atoms with Crippen LogP contribution in [0.4, 0.5) is 10.3 Å². The van der Waals surface area contributed by atoms with Gasteiger partial charge in [0.15, 0.2) is 0 Å². The molecule has 31 heavy (non-hydrogen) atoms. The number of aryl methyl sites for hydroxylation is 1. The third-order valence-electron chi connectivity index (χ3n) is 5.20. The highest BCUT2D eigenvalue weighted by molar-refractivity contribution is 6.51. The molecule has 1 aliphatic heterocycles. The number of H-pyrrole nitrogens is 1. The van der Waals surface area contributed by atoms with Crippen LogP contribution in [0.3, 0.4) is 0 Å². The Morgan fingerprint density at radius 1 is 1.10 bits per heavy atom. The molecular weight excluding hydrogens is 401 g/mol. The average Bonchev–Trinajstić information content (AvgIpc) is 3.44. The van der Waals surface area contributed by atoms with Crippen LogP contribution in [0.2, 0.25) is 0 Å². The molecule has 0 radical (unpaired) electrons. The number of hydrogen-bond acceptors (Lipinski definition) is 5. The predicted octanol–water partition coefficient (Wildman–Crippen LogP) is 4.23. The van der Waals surface area contributed by atoms with Crippen LogP contribution in [-0.4, -0.2) is 26.8 Å². The maximum atomic E-state index is 13.3. The van der Waals surface area contributed by atoms with Crippen LogP contribution in [-0.2, 0) is 9.59 Å². The van der Waals surface area contributed by atoms with Gasteiger partial charge in [-0.05, 0) is 55.5 Å². The lowest BCUT2D eigenvalue weighted by Crippen LogP contribution is -2.30. The zero-order valence-electron chi connectivity index (χ0n) is 16.3. The van der Waals surface area contributed by atoms with Gasteiger partial charge in [-0.1, -0.05) is 12.1 Å². The Bertz CT molecular complexity index is 1330. The van der Waals surface area contributed by atoms with Crippen LogP contribution >= 0.6 is 0 Å². The van der Waals surface area contributed by atoms with Gasteiger partial charge in [-0.15, -0.1) is 0 Å². The number of nitrogens with zero attached hydrogens (tertiary/aromatic N) is 2. The summed E-state index contributed by atoms with van der Waals surface area (Å²) in [5.74, 6) is -1.63. The zero-order valence-corrected chi connectivity index (χ0v) is 16.3. The monoisotopic (exact) mass is 417 g/mol. The molecule has 4 aromatic rings. The molecule has 0 spiro atoms. The van der Waals surface area contributed by atoms with Gasteiger partial charge in [0.2, 0.25) is 5.95 Å². The molecule has 3 heterocycles. The molecule has 0 bridgehead atoms. The summed E-state index contributed by atoms with van der Waals surface area (Å²) in [4.78, 5) is 34.7. The van der Waals surface area contributed by atoms with E-state index in [1.807, 2.05) is 12.1 Å². The van der Waals surface area contributed by atoms with Crippen LogP contribution < -0.4 is 4.90 Å². The molecule has 0 saturated carbocycles. The van der Waals surface area contributed by atoms with Gasteiger partial charge in [-0.25, -0.2) is 9.37 Å². The van der Waals surface area contributed by atoms with E-state index in [0.717, 1.165) is 12.1 Å². The number of carbonyl (C=O) groups excluding carboxylic acids is 2. The summed E-state index contributed by atoms with van der Waals surface area (Å²) >= 11 is 0. The first-order chi connectivity index (χ1) is 14.9. The number of ketones is 1. The van der Waals surface area contributed by atoms with Crippen molar-refractivity contribution < 1.29 is 23.5 Å². The largest absolute Gasteiger partial charge is 0.507 e. The number of hydrogen-bond donors (Lipinski definition) is 2. The van der Waals surface area contributed by atoms with Crippen molar-refractivity contribution in [3.63, 3.8) is 0 Å². The normalized spacial score (nSPS) is 18.3. The van der Waals surface area contributed by atoms with Crippen LogP contribution in [0, 0.1) is 12.7 Å². The van der Waals surface area contributed by atoms with Gasteiger partial charge in [0.05, 0.1) is 16.6 Å². The van der Waals surface area contributed by atoms with Gasteiger partial charge in [-0.2, -0.15) is 0 Å². The van der Waals surface area contributed by atoms with Crippen molar-refractivity contribution in [1.82, 2.24) is 9.97 Å². The fourth-order valence-corrected chi connectivity index (χ4v) is 3.74. The Morgan fingerprint density at radius 2 is 1.84 bits per heavy atom. The summed E-state index contributed by atoms with van der Waals surface area (Å²) in [6.07, 6.45) is 0. The molecule has 2 aromatic carbocycles. The van der Waals surface area contributed by atoms with E-state index in [1.165, 1.54) is 17.0 Å². The average molecular weight is 417 g/mol. The van der Waals surface area contributed by atoms with Crippen molar-refractivity contribution in [3.05, 3.63) is 89.1 Å². The number of carbonyl (C=O) groups is 2. The van der Waals surface area contributed by atoms with E-state index in [9.17, 15) is 19.1 Å². The molecule has 8 heteroatoms. The van der Waals surface area contributed by atoms with Gasteiger partial charge in [0.25, 0.3) is 5.78 Å². The molecule has 5 rings (SSSR count). The summed E-state index contributed by atoms with van der Waals surface area (Å²) in [5, 5.41) is 10.9. The Morgan fingerprint density at radius 3 is 2.52 bits per heavy atom. The molecule has 2 aromatic heterocycles. The van der Waals surface area contributed by atoms with Gasteiger partial charge in [0.1, 0.15) is 29.1 Å². The maximum Gasteiger partial charge on any atom is 0.302 e. The predicted molar refractivity (Wildman–Crippen MR) is 111 cm³/mol. The van der Waals surface area contributed by atoms with Crippen molar-refractivity contribution in [2.24, 2.45) is 0 Å². The second-order valence-corrected chi connectivity index (χ2v) is 7.20. The fourth-order valence-electron chi connectivity index (χ4n) is 3.74. The third kappa shape index (κ3) is 3.00. The topological polar surface area (TPSA) is 99.4 Å². The van der Waals surface area contributed by atoms with E-state index in [0.29, 0.717) is 22.6 Å². The van der Waals surface area contributed by atoms with Crippen LogP contribution in [0.15, 0.2) is 70.7 Å². The van der Waals surface area contributed by atoms with Crippen molar-refractivity contribution in [3.8, 4) is 0 Å². The molecule has 2 N–H and O–H groups in total. The van der Waals surface area contributed by atoms with Gasteiger partial charge in [0, 0.05) is 5.56 Å². The van der Waals surface area contributed by atoms with Crippen LogP contribution in [0.1, 0.15) is 23.1 Å². The first-order valence-corrected chi connectivity index (χ1v) is 9.52. The molecule has 1 saturated heterocycles. The molecule has 154 valence electrons. The number of Topliss-reactive ketones (excluding diaryl/α,β-unsaturated/α-hetero) is 1. The number of rotatable bonds is 3. The van der Waals surface area contributed by atoms with E-state index < -0.39 is 29.3 Å². The molecule has 1 atom stereocenters. The summed E-state index contributed by atoms with van der Waals surface area (Å²) in [7, 11) is 0. The van der Waals surface area contributed by atoms with E-state index in [1.54, 1.807) is 31.2 Å². The lowest BCUT2D eigenvalue weighted by atomic mass is 9.99. The van der Waals surface area contributed by atoms with Crippen LogP contribution in [0.25, 0.3) is 16.8 Å². The van der Waals surface area contributed by atoms with Gasteiger partial charge in [-0.3, -0.25) is 14.5 Å². The van der Waals surface area contributed by atoms with Gasteiger partial charge >= 0.3 is 5.91 Å². The minimum Gasteiger partial charge on any atom is -0.507 e.